The number of nitrogens with zero attached hydrogens (tertiary/aromatic N) is 2. The van der Waals surface area contributed by atoms with Crippen LogP contribution in [0.1, 0.15) is 24.5 Å². The topological polar surface area (TPSA) is 16.1 Å². The van der Waals surface area contributed by atoms with Crippen molar-refractivity contribution in [3.8, 4) is 11.3 Å². The molecule has 0 aliphatic carbocycles. The van der Waals surface area contributed by atoms with Crippen LogP contribution in [0.15, 0.2) is 60.7 Å². The fourth-order valence-electron chi connectivity index (χ4n) is 4.55. The van der Waals surface area contributed by atoms with Gasteiger partial charge in [0, 0.05) is 29.1 Å². The molecule has 2 nitrogen and oxygen atoms in total. The SMILES string of the molecule is CCCN1CCc2c(c(-c3ccccc3Cl)nc3ccc4ccccc4c23)C1. The Morgan fingerprint density at radius 1 is 0.964 bits per heavy atom. The second kappa shape index (κ2) is 7.20. The van der Waals surface area contributed by atoms with Gasteiger partial charge in [0.05, 0.1) is 11.2 Å². The average Bonchev–Trinajstić information content (AvgIpc) is 2.73. The van der Waals surface area contributed by atoms with Gasteiger partial charge in [0.25, 0.3) is 0 Å². The number of pyridine rings is 1. The van der Waals surface area contributed by atoms with E-state index in [1.807, 2.05) is 18.2 Å². The van der Waals surface area contributed by atoms with Crippen molar-refractivity contribution in [2.24, 2.45) is 0 Å². The molecule has 0 radical (unpaired) electrons. The number of rotatable bonds is 3. The van der Waals surface area contributed by atoms with Crippen LogP contribution < -0.4 is 0 Å². The molecule has 3 aromatic carbocycles. The zero-order chi connectivity index (χ0) is 19.1. The summed E-state index contributed by atoms with van der Waals surface area (Å²) in [6.07, 6.45) is 2.22. The summed E-state index contributed by atoms with van der Waals surface area (Å²) in [4.78, 5) is 7.70. The maximum Gasteiger partial charge on any atom is 0.0772 e. The lowest BCUT2D eigenvalue weighted by molar-refractivity contribution is 0.255. The summed E-state index contributed by atoms with van der Waals surface area (Å²) in [6, 6.07) is 21.1. The van der Waals surface area contributed by atoms with Gasteiger partial charge in [-0.05, 0) is 53.4 Å². The molecule has 1 aromatic heterocycles. The van der Waals surface area contributed by atoms with E-state index in [0.717, 1.165) is 47.9 Å². The quantitative estimate of drug-likeness (QED) is 0.375. The molecule has 1 aliphatic rings. The Morgan fingerprint density at radius 3 is 2.64 bits per heavy atom. The zero-order valence-electron chi connectivity index (χ0n) is 16.1. The normalized spacial score (nSPS) is 14.5. The molecule has 140 valence electrons. The molecule has 0 atom stereocenters. The molecule has 0 N–H and O–H groups in total. The van der Waals surface area contributed by atoms with Gasteiger partial charge < -0.3 is 0 Å². The van der Waals surface area contributed by atoms with E-state index >= 15 is 0 Å². The Labute approximate surface area is 170 Å². The van der Waals surface area contributed by atoms with Crippen LogP contribution in [0, 0.1) is 0 Å². The largest absolute Gasteiger partial charge is 0.299 e. The maximum atomic E-state index is 6.59. The highest BCUT2D eigenvalue weighted by Crippen LogP contribution is 2.39. The minimum atomic E-state index is 0.768. The molecule has 0 saturated heterocycles. The van der Waals surface area contributed by atoms with E-state index < -0.39 is 0 Å². The lowest BCUT2D eigenvalue weighted by Gasteiger charge is -2.31. The molecule has 0 spiro atoms. The van der Waals surface area contributed by atoms with Crippen LogP contribution in [0.4, 0.5) is 0 Å². The third-order valence-electron chi connectivity index (χ3n) is 5.82. The van der Waals surface area contributed by atoms with E-state index in [-0.39, 0.29) is 0 Å². The molecule has 4 aromatic rings. The highest BCUT2D eigenvalue weighted by Gasteiger charge is 2.24. The molecule has 0 saturated carbocycles. The predicted octanol–water partition coefficient (Wildman–Crippen LogP) is 6.48. The molecule has 5 rings (SSSR count). The summed E-state index contributed by atoms with van der Waals surface area (Å²) in [5.41, 5.74) is 5.94. The Hall–Kier alpha value is -2.42. The van der Waals surface area contributed by atoms with Crippen LogP contribution in [0.2, 0.25) is 5.02 Å². The maximum absolute atomic E-state index is 6.59. The van der Waals surface area contributed by atoms with E-state index in [1.54, 1.807) is 0 Å². The van der Waals surface area contributed by atoms with E-state index in [9.17, 15) is 0 Å². The molecular formula is C25H23ClN2. The van der Waals surface area contributed by atoms with Crippen LogP contribution in [0.3, 0.4) is 0 Å². The highest BCUT2D eigenvalue weighted by atomic mass is 35.5. The monoisotopic (exact) mass is 386 g/mol. The van der Waals surface area contributed by atoms with Gasteiger partial charge in [0.2, 0.25) is 0 Å². The number of hydrogen-bond donors (Lipinski definition) is 0. The Kier molecular flexibility index (Phi) is 4.54. The van der Waals surface area contributed by atoms with Crippen molar-refractivity contribution in [1.29, 1.82) is 0 Å². The molecule has 2 heterocycles. The first-order valence-corrected chi connectivity index (χ1v) is 10.4. The van der Waals surface area contributed by atoms with Crippen LogP contribution in [-0.4, -0.2) is 23.0 Å². The molecule has 0 bridgehead atoms. The number of hydrogen-bond acceptors (Lipinski definition) is 2. The first-order valence-electron chi connectivity index (χ1n) is 10.1. The van der Waals surface area contributed by atoms with Gasteiger partial charge in [-0.15, -0.1) is 0 Å². The van der Waals surface area contributed by atoms with Crippen LogP contribution >= 0.6 is 11.6 Å². The van der Waals surface area contributed by atoms with Crippen molar-refractivity contribution in [2.45, 2.75) is 26.3 Å². The van der Waals surface area contributed by atoms with Crippen molar-refractivity contribution >= 4 is 33.3 Å². The first kappa shape index (κ1) is 17.7. The summed E-state index contributed by atoms with van der Waals surface area (Å²) in [6.45, 7) is 5.41. The number of fused-ring (bicyclic) bond motifs is 5. The summed E-state index contributed by atoms with van der Waals surface area (Å²) in [7, 11) is 0. The second-order valence-electron chi connectivity index (χ2n) is 7.60. The molecule has 28 heavy (non-hydrogen) atoms. The van der Waals surface area contributed by atoms with E-state index in [4.69, 9.17) is 16.6 Å². The lowest BCUT2D eigenvalue weighted by Crippen LogP contribution is -2.32. The zero-order valence-corrected chi connectivity index (χ0v) is 16.8. The standard InChI is InChI=1S/C25H23ClN2/c1-2-14-28-15-13-19-21(16-28)25(20-9-5-6-10-22(20)26)27-23-12-11-17-7-3-4-8-18(17)24(19)23/h3-12H,2,13-16H2,1H3. The third kappa shape index (κ3) is 2.88. The van der Waals surface area contributed by atoms with Gasteiger partial charge >= 0.3 is 0 Å². The minimum Gasteiger partial charge on any atom is -0.299 e. The van der Waals surface area contributed by atoms with Gasteiger partial charge in [-0.1, -0.05) is 67.1 Å². The van der Waals surface area contributed by atoms with Gasteiger partial charge in [-0.2, -0.15) is 0 Å². The van der Waals surface area contributed by atoms with Crippen molar-refractivity contribution in [2.75, 3.05) is 13.1 Å². The third-order valence-corrected chi connectivity index (χ3v) is 6.15. The first-order chi connectivity index (χ1) is 13.8. The summed E-state index contributed by atoms with van der Waals surface area (Å²) < 4.78 is 0. The number of halogens is 1. The number of benzene rings is 3. The van der Waals surface area contributed by atoms with Gasteiger partial charge in [-0.3, -0.25) is 4.90 Å². The van der Waals surface area contributed by atoms with Gasteiger partial charge in [0.15, 0.2) is 0 Å². The Balaban J connectivity index is 1.84. The second-order valence-corrected chi connectivity index (χ2v) is 8.01. The van der Waals surface area contributed by atoms with Crippen molar-refractivity contribution in [3.05, 3.63) is 76.8 Å². The average molecular weight is 387 g/mol. The molecule has 1 aliphatic heterocycles. The van der Waals surface area contributed by atoms with E-state index in [2.05, 4.69) is 54.3 Å². The van der Waals surface area contributed by atoms with Crippen LogP contribution in [-0.2, 0) is 13.0 Å². The van der Waals surface area contributed by atoms with Gasteiger partial charge in [0.1, 0.15) is 0 Å². The Bertz CT molecular complexity index is 1180. The van der Waals surface area contributed by atoms with Crippen molar-refractivity contribution in [1.82, 2.24) is 9.88 Å². The molecule has 0 unspecified atom stereocenters. The van der Waals surface area contributed by atoms with Crippen molar-refractivity contribution in [3.63, 3.8) is 0 Å². The smallest absolute Gasteiger partial charge is 0.0772 e. The van der Waals surface area contributed by atoms with Crippen molar-refractivity contribution < 1.29 is 0 Å². The summed E-state index contributed by atoms with van der Waals surface area (Å²) in [5.74, 6) is 0. The minimum absolute atomic E-state index is 0.768. The molecule has 3 heteroatoms. The van der Waals surface area contributed by atoms with Crippen LogP contribution in [0.5, 0.6) is 0 Å². The predicted molar refractivity (Wildman–Crippen MR) is 119 cm³/mol. The van der Waals surface area contributed by atoms with E-state index in [1.165, 1.54) is 33.7 Å². The van der Waals surface area contributed by atoms with Gasteiger partial charge in [-0.25, -0.2) is 4.98 Å². The van der Waals surface area contributed by atoms with Crippen LogP contribution in [0.25, 0.3) is 32.9 Å². The molecule has 0 amide bonds. The Morgan fingerprint density at radius 2 is 1.79 bits per heavy atom. The summed E-state index contributed by atoms with van der Waals surface area (Å²) in [5, 5.41) is 4.67. The number of aromatic nitrogens is 1. The molecular weight excluding hydrogens is 364 g/mol. The fraction of sp³-hybridized carbons (Fsp3) is 0.240. The van der Waals surface area contributed by atoms with E-state index in [0.29, 0.717) is 0 Å². The summed E-state index contributed by atoms with van der Waals surface area (Å²) >= 11 is 6.59. The fourth-order valence-corrected chi connectivity index (χ4v) is 4.78. The highest BCUT2D eigenvalue weighted by molar-refractivity contribution is 6.33. The lowest BCUT2D eigenvalue weighted by atomic mass is 9.89. The molecule has 0 fully saturated rings.